The Hall–Kier alpha value is -0.540. The van der Waals surface area contributed by atoms with Crippen molar-refractivity contribution in [1.82, 2.24) is 0 Å². The Labute approximate surface area is 94.2 Å². The van der Waals surface area contributed by atoms with Crippen LogP contribution >= 0.6 is 15.9 Å². The second-order valence-electron chi connectivity index (χ2n) is 3.37. The molecule has 1 rings (SSSR count). The number of hydrogen-bond acceptors (Lipinski definition) is 2. The van der Waals surface area contributed by atoms with Gasteiger partial charge in [0.1, 0.15) is 0 Å². The molecule has 0 saturated heterocycles. The van der Waals surface area contributed by atoms with Crippen LogP contribution in [-0.2, 0) is 0 Å². The molecule has 1 aromatic rings. The Kier molecular flexibility index (Phi) is 4.98. The van der Waals surface area contributed by atoms with E-state index in [0.717, 1.165) is 30.4 Å². The minimum atomic E-state index is 0.782. The van der Waals surface area contributed by atoms with Gasteiger partial charge in [0.25, 0.3) is 0 Å². The molecule has 0 spiro atoms. The Balaban J connectivity index is 2.51. The fraction of sp³-hybridized carbons (Fsp3) is 0.455. The van der Waals surface area contributed by atoms with Crippen molar-refractivity contribution >= 4 is 21.6 Å². The van der Waals surface area contributed by atoms with Crippen LogP contribution in [0.15, 0.2) is 28.7 Å². The van der Waals surface area contributed by atoms with Gasteiger partial charge >= 0.3 is 0 Å². The van der Waals surface area contributed by atoms with Crippen molar-refractivity contribution in [2.24, 2.45) is 5.73 Å². The molecule has 0 radical (unpaired) electrons. The summed E-state index contributed by atoms with van der Waals surface area (Å²) >= 11 is 3.54. The molecule has 0 bridgehead atoms. The normalized spacial score (nSPS) is 10.2. The highest BCUT2D eigenvalue weighted by Crippen LogP contribution is 2.24. The number of rotatable bonds is 5. The summed E-state index contributed by atoms with van der Waals surface area (Å²) in [6, 6.07) is 8.27. The van der Waals surface area contributed by atoms with Gasteiger partial charge in [0.05, 0.1) is 5.69 Å². The van der Waals surface area contributed by atoms with Crippen LogP contribution in [0.3, 0.4) is 0 Å². The largest absolute Gasteiger partial charge is 0.374 e. The molecule has 14 heavy (non-hydrogen) atoms. The Morgan fingerprint density at radius 3 is 2.64 bits per heavy atom. The summed E-state index contributed by atoms with van der Waals surface area (Å²) in [7, 11) is 2.11. The third-order valence-corrected chi connectivity index (χ3v) is 2.88. The summed E-state index contributed by atoms with van der Waals surface area (Å²) in [6.45, 7) is 1.84. The number of anilines is 1. The zero-order chi connectivity index (χ0) is 10.4. The minimum absolute atomic E-state index is 0.782. The van der Waals surface area contributed by atoms with E-state index < -0.39 is 0 Å². The van der Waals surface area contributed by atoms with E-state index in [0.29, 0.717) is 0 Å². The maximum Gasteiger partial charge on any atom is 0.0508 e. The molecule has 0 atom stereocenters. The summed E-state index contributed by atoms with van der Waals surface area (Å²) in [4.78, 5) is 2.25. The number of halogens is 1. The van der Waals surface area contributed by atoms with Gasteiger partial charge in [-0.1, -0.05) is 12.1 Å². The summed E-state index contributed by atoms with van der Waals surface area (Å²) in [5, 5.41) is 0. The molecule has 0 amide bonds. The smallest absolute Gasteiger partial charge is 0.0508 e. The van der Waals surface area contributed by atoms with E-state index in [9.17, 15) is 0 Å². The molecule has 0 fully saturated rings. The average molecular weight is 257 g/mol. The SMILES string of the molecule is CN(CCCCN)c1ccccc1Br. The average Bonchev–Trinajstić information content (AvgIpc) is 2.18. The molecule has 0 saturated carbocycles. The molecule has 0 aliphatic carbocycles. The van der Waals surface area contributed by atoms with E-state index in [1.807, 2.05) is 6.07 Å². The van der Waals surface area contributed by atoms with Crippen molar-refractivity contribution in [2.45, 2.75) is 12.8 Å². The first-order chi connectivity index (χ1) is 6.75. The molecule has 1 aromatic carbocycles. The third-order valence-electron chi connectivity index (χ3n) is 2.21. The fourth-order valence-electron chi connectivity index (χ4n) is 1.38. The maximum atomic E-state index is 5.46. The lowest BCUT2D eigenvalue weighted by Gasteiger charge is -2.20. The first-order valence-corrected chi connectivity index (χ1v) is 5.70. The van der Waals surface area contributed by atoms with Gasteiger partial charge in [0.15, 0.2) is 0 Å². The minimum Gasteiger partial charge on any atom is -0.374 e. The number of hydrogen-bond donors (Lipinski definition) is 1. The molecule has 2 nitrogen and oxygen atoms in total. The lowest BCUT2D eigenvalue weighted by molar-refractivity contribution is 0.727. The maximum absolute atomic E-state index is 5.46. The molecule has 0 aliphatic heterocycles. The zero-order valence-electron chi connectivity index (χ0n) is 8.54. The van der Waals surface area contributed by atoms with E-state index in [1.54, 1.807) is 0 Å². The Morgan fingerprint density at radius 1 is 1.29 bits per heavy atom. The predicted molar refractivity (Wildman–Crippen MR) is 65.7 cm³/mol. The highest BCUT2D eigenvalue weighted by molar-refractivity contribution is 9.10. The standard InChI is InChI=1S/C11H17BrN2/c1-14(9-5-4-8-13)11-7-3-2-6-10(11)12/h2-3,6-7H,4-5,8-9,13H2,1H3. The Morgan fingerprint density at radius 2 is 2.00 bits per heavy atom. The van der Waals surface area contributed by atoms with Gasteiger partial charge in [-0.05, 0) is 47.4 Å². The zero-order valence-corrected chi connectivity index (χ0v) is 10.1. The molecule has 0 aliphatic rings. The molecule has 2 N–H and O–H groups in total. The third kappa shape index (κ3) is 3.31. The number of benzene rings is 1. The lowest BCUT2D eigenvalue weighted by atomic mass is 10.2. The van der Waals surface area contributed by atoms with Gasteiger partial charge in [-0.15, -0.1) is 0 Å². The van der Waals surface area contributed by atoms with Crippen LogP contribution in [0.25, 0.3) is 0 Å². The number of para-hydroxylation sites is 1. The molecule has 0 aromatic heterocycles. The highest BCUT2D eigenvalue weighted by atomic mass is 79.9. The summed E-state index contributed by atoms with van der Waals surface area (Å²) in [6.07, 6.45) is 2.24. The second-order valence-corrected chi connectivity index (χ2v) is 4.22. The Bertz CT molecular complexity index is 276. The molecule has 0 heterocycles. The van der Waals surface area contributed by atoms with Crippen LogP contribution < -0.4 is 10.6 Å². The van der Waals surface area contributed by atoms with E-state index in [-0.39, 0.29) is 0 Å². The van der Waals surface area contributed by atoms with Crippen LogP contribution in [-0.4, -0.2) is 20.1 Å². The van der Waals surface area contributed by atoms with Crippen LogP contribution in [0.5, 0.6) is 0 Å². The van der Waals surface area contributed by atoms with E-state index >= 15 is 0 Å². The number of unbranched alkanes of at least 4 members (excludes halogenated alkanes) is 1. The summed E-state index contributed by atoms with van der Waals surface area (Å²) < 4.78 is 1.15. The van der Waals surface area contributed by atoms with Gasteiger partial charge in [0, 0.05) is 18.1 Å². The van der Waals surface area contributed by atoms with E-state index in [2.05, 4.69) is 46.1 Å². The van der Waals surface area contributed by atoms with Crippen molar-refractivity contribution in [1.29, 1.82) is 0 Å². The van der Waals surface area contributed by atoms with Crippen molar-refractivity contribution in [2.75, 3.05) is 25.0 Å². The number of nitrogens with zero attached hydrogens (tertiary/aromatic N) is 1. The van der Waals surface area contributed by atoms with Gasteiger partial charge in [-0.25, -0.2) is 0 Å². The summed E-state index contributed by atoms with van der Waals surface area (Å²) in [5.74, 6) is 0. The second kappa shape index (κ2) is 6.04. The van der Waals surface area contributed by atoms with Crippen LogP contribution in [0.1, 0.15) is 12.8 Å². The van der Waals surface area contributed by atoms with Crippen LogP contribution in [0.4, 0.5) is 5.69 Å². The first kappa shape index (κ1) is 11.5. The van der Waals surface area contributed by atoms with Gasteiger partial charge < -0.3 is 10.6 Å². The van der Waals surface area contributed by atoms with Gasteiger partial charge in [-0.3, -0.25) is 0 Å². The van der Waals surface area contributed by atoms with E-state index in [1.165, 1.54) is 5.69 Å². The molecule has 3 heteroatoms. The van der Waals surface area contributed by atoms with Gasteiger partial charge in [-0.2, -0.15) is 0 Å². The number of nitrogens with two attached hydrogens (primary N) is 1. The summed E-state index contributed by atoms with van der Waals surface area (Å²) in [5.41, 5.74) is 6.70. The van der Waals surface area contributed by atoms with E-state index in [4.69, 9.17) is 5.73 Å². The van der Waals surface area contributed by atoms with Crippen molar-refractivity contribution in [3.05, 3.63) is 28.7 Å². The highest BCUT2D eigenvalue weighted by Gasteiger charge is 2.03. The molecule has 0 unspecified atom stereocenters. The van der Waals surface area contributed by atoms with Crippen LogP contribution in [0.2, 0.25) is 0 Å². The molecule has 78 valence electrons. The topological polar surface area (TPSA) is 29.3 Å². The van der Waals surface area contributed by atoms with Crippen LogP contribution in [0, 0.1) is 0 Å². The van der Waals surface area contributed by atoms with Gasteiger partial charge in [0.2, 0.25) is 0 Å². The monoisotopic (exact) mass is 256 g/mol. The molecular weight excluding hydrogens is 240 g/mol. The quantitative estimate of drug-likeness (QED) is 0.821. The predicted octanol–water partition coefficient (Wildman–Crippen LogP) is 2.62. The fourth-order valence-corrected chi connectivity index (χ4v) is 1.96. The van der Waals surface area contributed by atoms with Crippen molar-refractivity contribution in [3.63, 3.8) is 0 Å². The first-order valence-electron chi connectivity index (χ1n) is 4.91. The molecular formula is C11H17BrN2. The van der Waals surface area contributed by atoms with Crippen molar-refractivity contribution < 1.29 is 0 Å². The lowest BCUT2D eigenvalue weighted by Crippen LogP contribution is -2.19. The van der Waals surface area contributed by atoms with Crippen molar-refractivity contribution in [3.8, 4) is 0 Å².